The van der Waals surface area contributed by atoms with Crippen LogP contribution in [0.3, 0.4) is 0 Å². The molecule has 1 unspecified atom stereocenters. The van der Waals surface area contributed by atoms with Gasteiger partial charge in [0.15, 0.2) is 6.10 Å². The van der Waals surface area contributed by atoms with Crippen LogP contribution in [-0.4, -0.2) is 66.3 Å². The summed E-state index contributed by atoms with van der Waals surface area (Å²) in [6.07, 6.45) is -0.925. The summed E-state index contributed by atoms with van der Waals surface area (Å²) in [5.74, 6) is -1.52. The molecule has 3 N–H and O–H groups in total. The summed E-state index contributed by atoms with van der Waals surface area (Å²) < 4.78 is 5.03. The Labute approximate surface area is 111 Å². The molecule has 1 fully saturated rings. The van der Waals surface area contributed by atoms with Gasteiger partial charge >= 0.3 is 12.0 Å². The van der Waals surface area contributed by atoms with Crippen molar-refractivity contribution in [3.63, 3.8) is 0 Å². The fourth-order valence-electron chi connectivity index (χ4n) is 1.66. The summed E-state index contributed by atoms with van der Waals surface area (Å²) in [6.45, 7) is 4.38. The molecule has 1 aliphatic rings. The van der Waals surface area contributed by atoms with Gasteiger partial charge in [0, 0.05) is 19.1 Å². The molecule has 3 amide bonds. The number of amides is 3. The Hall–Kier alpha value is -1.67. The summed E-state index contributed by atoms with van der Waals surface area (Å²) in [5, 5.41) is 13.5. The van der Waals surface area contributed by atoms with E-state index in [9.17, 15) is 14.4 Å². The summed E-state index contributed by atoms with van der Waals surface area (Å²) >= 11 is 0. The second kappa shape index (κ2) is 7.05. The maximum atomic E-state index is 11.6. The molecule has 0 aromatic rings. The molecular weight excluding hydrogens is 254 g/mol. The van der Waals surface area contributed by atoms with Crippen LogP contribution in [0, 0.1) is 0 Å². The first kappa shape index (κ1) is 15.4. The summed E-state index contributed by atoms with van der Waals surface area (Å²) in [6, 6.07) is -0.615. The molecule has 0 saturated carbocycles. The van der Waals surface area contributed by atoms with Crippen molar-refractivity contribution < 1.29 is 24.2 Å². The summed E-state index contributed by atoms with van der Waals surface area (Å²) in [7, 11) is 0. The average molecular weight is 273 g/mol. The van der Waals surface area contributed by atoms with Crippen LogP contribution in [0.4, 0.5) is 4.79 Å². The zero-order chi connectivity index (χ0) is 14.4. The number of aliphatic carboxylic acids is 1. The molecule has 0 bridgehead atoms. The molecule has 108 valence electrons. The van der Waals surface area contributed by atoms with Gasteiger partial charge in [-0.15, -0.1) is 0 Å². The van der Waals surface area contributed by atoms with Crippen molar-refractivity contribution in [1.29, 1.82) is 0 Å². The Balaban J connectivity index is 2.35. The number of rotatable bonds is 4. The van der Waals surface area contributed by atoms with Crippen molar-refractivity contribution in [1.82, 2.24) is 15.5 Å². The molecule has 0 aliphatic carbocycles. The third-order valence-corrected chi connectivity index (χ3v) is 2.47. The van der Waals surface area contributed by atoms with Gasteiger partial charge in [0.05, 0.1) is 13.2 Å². The van der Waals surface area contributed by atoms with Crippen molar-refractivity contribution in [2.75, 3.05) is 26.2 Å². The molecule has 0 aromatic heterocycles. The Bertz CT molecular complexity index is 358. The molecule has 0 aromatic carbocycles. The van der Waals surface area contributed by atoms with Crippen LogP contribution in [0.15, 0.2) is 0 Å². The maximum Gasteiger partial charge on any atom is 0.334 e. The lowest BCUT2D eigenvalue weighted by Gasteiger charge is -2.30. The molecule has 1 saturated heterocycles. The van der Waals surface area contributed by atoms with Crippen LogP contribution in [0.2, 0.25) is 0 Å². The van der Waals surface area contributed by atoms with E-state index in [-0.39, 0.29) is 25.7 Å². The van der Waals surface area contributed by atoms with Crippen molar-refractivity contribution in [2.45, 2.75) is 26.0 Å². The zero-order valence-electron chi connectivity index (χ0n) is 11.0. The Morgan fingerprint density at radius 3 is 2.68 bits per heavy atom. The minimum Gasteiger partial charge on any atom is -0.479 e. The molecule has 19 heavy (non-hydrogen) atoms. The predicted octanol–water partition coefficient (Wildman–Crippen LogP) is -0.994. The lowest BCUT2D eigenvalue weighted by atomic mass is 10.2. The number of hydrogen-bond donors (Lipinski definition) is 3. The normalized spacial score (nSPS) is 20.1. The quantitative estimate of drug-likeness (QED) is 0.607. The van der Waals surface area contributed by atoms with Crippen LogP contribution >= 0.6 is 0 Å². The van der Waals surface area contributed by atoms with E-state index in [0.29, 0.717) is 6.54 Å². The molecule has 1 atom stereocenters. The molecule has 0 radical (unpaired) electrons. The van der Waals surface area contributed by atoms with Gasteiger partial charge in [-0.1, -0.05) is 0 Å². The minimum atomic E-state index is -1.05. The van der Waals surface area contributed by atoms with Crippen LogP contribution in [0.5, 0.6) is 0 Å². The number of morpholine rings is 1. The number of nitrogens with one attached hydrogen (secondary N) is 2. The number of carbonyl (C=O) groups excluding carboxylic acids is 2. The van der Waals surface area contributed by atoms with Crippen LogP contribution in [0.1, 0.15) is 13.8 Å². The Morgan fingerprint density at radius 1 is 1.42 bits per heavy atom. The van der Waals surface area contributed by atoms with Crippen molar-refractivity contribution in [3.8, 4) is 0 Å². The highest BCUT2D eigenvalue weighted by Gasteiger charge is 2.27. The molecule has 8 heteroatoms. The highest BCUT2D eigenvalue weighted by molar-refractivity contribution is 5.95. The highest BCUT2D eigenvalue weighted by atomic mass is 16.5. The lowest BCUT2D eigenvalue weighted by molar-refractivity contribution is -0.156. The zero-order valence-corrected chi connectivity index (χ0v) is 11.0. The van der Waals surface area contributed by atoms with E-state index < -0.39 is 24.0 Å². The lowest BCUT2D eigenvalue weighted by Crippen LogP contribution is -2.51. The number of nitrogens with zero attached hydrogens (tertiary/aromatic N) is 1. The first-order valence-electron chi connectivity index (χ1n) is 6.05. The Kier molecular flexibility index (Phi) is 5.71. The predicted molar refractivity (Wildman–Crippen MR) is 65.6 cm³/mol. The fourth-order valence-corrected chi connectivity index (χ4v) is 1.66. The van der Waals surface area contributed by atoms with E-state index in [0.717, 1.165) is 0 Å². The van der Waals surface area contributed by atoms with Crippen LogP contribution < -0.4 is 10.6 Å². The van der Waals surface area contributed by atoms with E-state index in [2.05, 4.69) is 10.6 Å². The topological polar surface area (TPSA) is 108 Å². The fraction of sp³-hybridized carbons (Fsp3) is 0.727. The number of urea groups is 1. The second-order valence-corrected chi connectivity index (χ2v) is 4.61. The van der Waals surface area contributed by atoms with Gasteiger partial charge in [0.2, 0.25) is 5.91 Å². The van der Waals surface area contributed by atoms with Crippen molar-refractivity contribution in [3.05, 3.63) is 0 Å². The molecule has 1 heterocycles. The van der Waals surface area contributed by atoms with E-state index in [1.165, 1.54) is 0 Å². The number of hydrogen-bond acceptors (Lipinski definition) is 5. The monoisotopic (exact) mass is 273 g/mol. The first-order chi connectivity index (χ1) is 8.88. The van der Waals surface area contributed by atoms with Gasteiger partial charge in [0.25, 0.3) is 0 Å². The molecule has 1 rings (SSSR count). The summed E-state index contributed by atoms with van der Waals surface area (Å²) in [4.78, 5) is 35.3. The number of carboxylic acids is 1. The van der Waals surface area contributed by atoms with Crippen LogP contribution in [-0.2, 0) is 14.3 Å². The minimum absolute atomic E-state index is 0.0291. The molecule has 8 nitrogen and oxygen atoms in total. The molecule has 1 aliphatic heterocycles. The van der Waals surface area contributed by atoms with Gasteiger partial charge < -0.3 is 15.2 Å². The van der Waals surface area contributed by atoms with Gasteiger partial charge in [-0.3, -0.25) is 15.0 Å². The smallest absolute Gasteiger partial charge is 0.334 e. The van der Waals surface area contributed by atoms with E-state index in [1.54, 1.807) is 18.7 Å². The van der Waals surface area contributed by atoms with Gasteiger partial charge in [-0.25, -0.2) is 9.59 Å². The molecule has 0 spiro atoms. The summed E-state index contributed by atoms with van der Waals surface area (Å²) in [5.41, 5.74) is 0. The van der Waals surface area contributed by atoms with E-state index in [4.69, 9.17) is 9.84 Å². The first-order valence-corrected chi connectivity index (χ1v) is 6.05. The standard InChI is InChI=1S/C11H19N3O5/c1-7(2)12-11(18)13-9(15)6-14-3-4-19-8(5-14)10(16)17/h7-8H,3-6H2,1-2H3,(H,16,17)(H2,12,13,15,18). The number of carbonyl (C=O) groups is 3. The van der Waals surface area contributed by atoms with Gasteiger partial charge in [-0.05, 0) is 13.8 Å². The van der Waals surface area contributed by atoms with E-state index in [1.807, 2.05) is 0 Å². The molecular formula is C11H19N3O5. The Morgan fingerprint density at radius 2 is 2.11 bits per heavy atom. The number of imide groups is 1. The van der Waals surface area contributed by atoms with Crippen molar-refractivity contribution in [2.24, 2.45) is 0 Å². The third-order valence-electron chi connectivity index (χ3n) is 2.47. The number of ether oxygens (including phenoxy) is 1. The van der Waals surface area contributed by atoms with Gasteiger partial charge in [0.1, 0.15) is 0 Å². The second-order valence-electron chi connectivity index (χ2n) is 4.61. The number of carboxylic acid groups (broad SMARTS) is 1. The SMILES string of the molecule is CC(C)NC(=O)NC(=O)CN1CCOC(C(=O)O)C1. The average Bonchev–Trinajstić information content (AvgIpc) is 2.27. The largest absolute Gasteiger partial charge is 0.479 e. The van der Waals surface area contributed by atoms with E-state index >= 15 is 0 Å². The van der Waals surface area contributed by atoms with Gasteiger partial charge in [-0.2, -0.15) is 0 Å². The highest BCUT2D eigenvalue weighted by Crippen LogP contribution is 2.04. The maximum absolute atomic E-state index is 11.6. The van der Waals surface area contributed by atoms with Crippen molar-refractivity contribution >= 4 is 17.9 Å². The third kappa shape index (κ3) is 5.66. The van der Waals surface area contributed by atoms with Crippen LogP contribution in [0.25, 0.3) is 0 Å².